The molecule has 0 radical (unpaired) electrons. The number of aliphatic hydroxyl groups excluding tert-OH is 1. The van der Waals surface area contributed by atoms with Gasteiger partial charge in [0.15, 0.2) is 0 Å². The van der Waals surface area contributed by atoms with Gasteiger partial charge in [0, 0.05) is 13.1 Å². The number of hydrogen-bond acceptors (Lipinski definition) is 3. The average molecular weight is 415 g/mol. The van der Waals surface area contributed by atoms with E-state index in [4.69, 9.17) is 0 Å². The maximum absolute atomic E-state index is 13.3. The lowest BCUT2D eigenvalue weighted by molar-refractivity contribution is -0.138. The summed E-state index contributed by atoms with van der Waals surface area (Å²) in [6.45, 7) is 0.615. The number of nitrogens with one attached hydrogen (secondary N) is 1. The van der Waals surface area contributed by atoms with Gasteiger partial charge in [-0.3, -0.25) is 9.59 Å². The molecule has 3 aromatic rings. The van der Waals surface area contributed by atoms with Gasteiger partial charge in [-0.15, -0.1) is 0 Å². The van der Waals surface area contributed by atoms with Crippen molar-refractivity contribution in [1.29, 1.82) is 0 Å². The van der Waals surface area contributed by atoms with Crippen molar-refractivity contribution in [3.05, 3.63) is 107 Å². The van der Waals surface area contributed by atoms with E-state index in [1.54, 1.807) is 4.90 Å². The first kappa shape index (κ1) is 20.8. The summed E-state index contributed by atoms with van der Waals surface area (Å²) in [5.41, 5.74) is 4.02. The molecule has 1 aliphatic rings. The first-order valence-corrected chi connectivity index (χ1v) is 10.5. The molecule has 1 unspecified atom stereocenters. The Bertz CT molecular complexity index is 997. The Balaban J connectivity index is 1.52. The molecule has 1 aliphatic heterocycles. The first-order valence-electron chi connectivity index (χ1n) is 10.5. The topological polar surface area (TPSA) is 69.6 Å². The molecule has 0 aliphatic carbocycles. The quantitative estimate of drug-likeness (QED) is 0.652. The third-order valence-electron chi connectivity index (χ3n) is 5.77. The Labute approximate surface area is 182 Å². The minimum absolute atomic E-state index is 0.259. The van der Waals surface area contributed by atoms with Crippen LogP contribution in [0.5, 0.6) is 0 Å². The molecule has 0 bridgehead atoms. The lowest BCUT2D eigenvalue weighted by Gasteiger charge is -2.32. The molecule has 0 saturated heterocycles. The second-order valence-corrected chi connectivity index (χ2v) is 7.78. The van der Waals surface area contributed by atoms with Gasteiger partial charge in [-0.1, -0.05) is 84.9 Å². The summed E-state index contributed by atoms with van der Waals surface area (Å²) in [5.74, 6) is -1.13. The molecule has 5 heteroatoms. The number of fused-ring (bicyclic) bond motifs is 1. The molecule has 3 aromatic carbocycles. The fourth-order valence-electron chi connectivity index (χ4n) is 4.13. The Morgan fingerprint density at radius 1 is 0.839 bits per heavy atom. The number of rotatable bonds is 6. The third-order valence-corrected chi connectivity index (χ3v) is 5.77. The number of carbonyl (C=O) groups is 2. The molecule has 0 saturated carbocycles. The van der Waals surface area contributed by atoms with Gasteiger partial charge >= 0.3 is 0 Å². The van der Waals surface area contributed by atoms with Crippen LogP contribution in [0, 0.1) is 0 Å². The number of carbonyl (C=O) groups excluding carboxylic acids is 2. The van der Waals surface area contributed by atoms with Crippen molar-refractivity contribution < 1.29 is 14.7 Å². The van der Waals surface area contributed by atoms with E-state index in [-0.39, 0.29) is 11.8 Å². The highest BCUT2D eigenvalue weighted by Gasteiger charge is 2.31. The minimum atomic E-state index is -0.979. The standard InChI is InChI=1S/C26H26N2O3/c29-18-23(26(31)28-16-15-19-9-7-8-14-22(19)17-28)27-25(30)24(20-10-3-1-4-11-20)21-12-5-2-6-13-21/h1-14,23-24,29H,15-18H2,(H,27,30). The summed E-state index contributed by atoms with van der Waals surface area (Å²) in [6.07, 6.45) is 0.769. The Kier molecular flexibility index (Phi) is 6.43. The van der Waals surface area contributed by atoms with Gasteiger partial charge < -0.3 is 15.3 Å². The maximum atomic E-state index is 13.3. The van der Waals surface area contributed by atoms with Gasteiger partial charge in [-0.25, -0.2) is 0 Å². The molecule has 0 aromatic heterocycles. The molecule has 2 N–H and O–H groups in total. The van der Waals surface area contributed by atoms with E-state index in [0.717, 1.165) is 23.1 Å². The molecule has 4 rings (SSSR count). The van der Waals surface area contributed by atoms with Gasteiger partial charge in [0.1, 0.15) is 6.04 Å². The summed E-state index contributed by atoms with van der Waals surface area (Å²) < 4.78 is 0. The summed E-state index contributed by atoms with van der Waals surface area (Å²) in [4.78, 5) is 28.1. The van der Waals surface area contributed by atoms with E-state index in [0.29, 0.717) is 13.1 Å². The van der Waals surface area contributed by atoms with Crippen molar-refractivity contribution >= 4 is 11.8 Å². The lowest BCUT2D eigenvalue weighted by atomic mass is 9.90. The summed E-state index contributed by atoms with van der Waals surface area (Å²) in [6, 6.07) is 26.0. The third kappa shape index (κ3) is 4.67. The van der Waals surface area contributed by atoms with Crippen molar-refractivity contribution in [1.82, 2.24) is 10.2 Å². The Hall–Kier alpha value is -3.44. The van der Waals surface area contributed by atoms with E-state index < -0.39 is 18.6 Å². The second kappa shape index (κ2) is 9.58. The molecule has 158 valence electrons. The van der Waals surface area contributed by atoms with Crippen LogP contribution < -0.4 is 5.32 Å². The lowest BCUT2D eigenvalue weighted by Crippen LogP contribution is -2.52. The van der Waals surface area contributed by atoms with E-state index in [2.05, 4.69) is 11.4 Å². The molecular formula is C26H26N2O3. The predicted octanol–water partition coefficient (Wildman–Crippen LogP) is 2.88. The van der Waals surface area contributed by atoms with Crippen molar-refractivity contribution in [3.63, 3.8) is 0 Å². The van der Waals surface area contributed by atoms with Crippen LogP contribution in [0.15, 0.2) is 84.9 Å². The van der Waals surface area contributed by atoms with E-state index in [1.165, 1.54) is 5.56 Å². The van der Waals surface area contributed by atoms with Crippen LogP contribution in [0.1, 0.15) is 28.2 Å². The maximum Gasteiger partial charge on any atom is 0.247 e. The Morgan fingerprint density at radius 3 is 1.97 bits per heavy atom. The van der Waals surface area contributed by atoms with Crippen LogP contribution in [0.4, 0.5) is 0 Å². The largest absolute Gasteiger partial charge is 0.394 e. The van der Waals surface area contributed by atoms with Gasteiger partial charge in [-0.05, 0) is 28.7 Å². The number of amides is 2. The van der Waals surface area contributed by atoms with Crippen molar-refractivity contribution in [3.8, 4) is 0 Å². The SMILES string of the molecule is O=C(NC(CO)C(=O)N1CCc2ccccc2C1)C(c1ccccc1)c1ccccc1. The zero-order chi connectivity index (χ0) is 21.6. The smallest absolute Gasteiger partial charge is 0.247 e. The van der Waals surface area contributed by atoms with Crippen molar-refractivity contribution in [2.45, 2.75) is 24.9 Å². The van der Waals surface area contributed by atoms with Crippen molar-refractivity contribution in [2.24, 2.45) is 0 Å². The molecular weight excluding hydrogens is 388 g/mol. The monoisotopic (exact) mass is 414 g/mol. The first-order chi connectivity index (χ1) is 15.2. The van der Waals surface area contributed by atoms with E-state index in [1.807, 2.05) is 78.9 Å². The molecule has 5 nitrogen and oxygen atoms in total. The minimum Gasteiger partial charge on any atom is -0.394 e. The van der Waals surface area contributed by atoms with E-state index in [9.17, 15) is 14.7 Å². The van der Waals surface area contributed by atoms with Gasteiger partial charge in [0.25, 0.3) is 0 Å². The molecule has 2 amide bonds. The highest BCUT2D eigenvalue weighted by atomic mass is 16.3. The molecule has 31 heavy (non-hydrogen) atoms. The van der Waals surface area contributed by atoms with Crippen molar-refractivity contribution in [2.75, 3.05) is 13.2 Å². The fourth-order valence-corrected chi connectivity index (χ4v) is 4.13. The second-order valence-electron chi connectivity index (χ2n) is 7.78. The van der Waals surface area contributed by atoms with E-state index >= 15 is 0 Å². The number of nitrogens with zero attached hydrogens (tertiary/aromatic N) is 1. The number of hydrogen-bond donors (Lipinski definition) is 2. The zero-order valence-electron chi connectivity index (χ0n) is 17.3. The molecule has 1 atom stereocenters. The fraction of sp³-hybridized carbons (Fsp3) is 0.231. The molecule has 1 heterocycles. The number of aliphatic hydroxyl groups is 1. The van der Waals surface area contributed by atoms with Crippen LogP contribution in [-0.2, 0) is 22.6 Å². The summed E-state index contributed by atoms with van der Waals surface area (Å²) in [5, 5.41) is 12.7. The van der Waals surface area contributed by atoms with Gasteiger partial charge in [-0.2, -0.15) is 0 Å². The van der Waals surface area contributed by atoms with Crippen LogP contribution >= 0.6 is 0 Å². The van der Waals surface area contributed by atoms with Gasteiger partial charge in [0.05, 0.1) is 12.5 Å². The normalized spacial score (nSPS) is 14.1. The predicted molar refractivity (Wildman–Crippen MR) is 119 cm³/mol. The highest BCUT2D eigenvalue weighted by Crippen LogP contribution is 2.25. The summed E-state index contributed by atoms with van der Waals surface area (Å²) in [7, 11) is 0. The zero-order valence-corrected chi connectivity index (χ0v) is 17.3. The Morgan fingerprint density at radius 2 is 1.39 bits per heavy atom. The van der Waals surface area contributed by atoms with Crippen LogP contribution in [0.25, 0.3) is 0 Å². The number of benzene rings is 3. The highest BCUT2D eigenvalue weighted by molar-refractivity contribution is 5.92. The van der Waals surface area contributed by atoms with Crippen LogP contribution in [0.2, 0.25) is 0 Å². The van der Waals surface area contributed by atoms with Crippen LogP contribution in [0.3, 0.4) is 0 Å². The van der Waals surface area contributed by atoms with Gasteiger partial charge in [0.2, 0.25) is 11.8 Å². The average Bonchev–Trinajstić information content (AvgIpc) is 2.83. The molecule has 0 fully saturated rings. The summed E-state index contributed by atoms with van der Waals surface area (Å²) >= 11 is 0. The molecule has 0 spiro atoms. The van der Waals surface area contributed by atoms with Crippen LogP contribution in [-0.4, -0.2) is 41.0 Å².